The number of imidazole rings is 1. The summed E-state index contributed by atoms with van der Waals surface area (Å²) in [6, 6.07) is 1.45. The van der Waals surface area contributed by atoms with Gasteiger partial charge in [-0.15, -0.1) is 0 Å². The Morgan fingerprint density at radius 2 is 2.26 bits per heavy atom. The van der Waals surface area contributed by atoms with Crippen LogP contribution in [0.2, 0.25) is 0 Å². The van der Waals surface area contributed by atoms with Gasteiger partial charge in [0, 0.05) is 30.6 Å². The molecule has 0 radical (unpaired) electrons. The number of ether oxygens (including phenoxy) is 1. The number of fused-ring (bicyclic) bond motifs is 1. The predicted molar refractivity (Wildman–Crippen MR) is 68.8 cm³/mol. The quantitative estimate of drug-likeness (QED) is 0.870. The van der Waals surface area contributed by atoms with E-state index in [2.05, 4.69) is 4.98 Å². The molecule has 0 aliphatic carbocycles. The van der Waals surface area contributed by atoms with Gasteiger partial charge in [0.25, 0.3) is 0 Å². The maximum absolute atomic E-state index is 11.7. The Kier molecular flexibility index (Phi) is 2.91. The molecule has 3 rings (SSSR count). The van der Waals surface area contributed by atoms with E-state index in [1.165, 1.54) is 6.07 Å². The number of aliphatic hydroxyl groups is 1. The van der Waals surface area contributed by atoms with Gasteiger partial charge in [-0.05, 0) is 6.42 Å². The first kappa shape index (κ1) is 12.4. The molecule has 0 unspecified atom stereocenters. The van der Waals surface area contributed by atoms with Gasteiger partial charge in [-0.25, -0.2) is 9.50 Å². The Morgan fingerprint density at radius 1 is 1.47 bits per heavy atom. The Hall–Kier alpha value is -1.66. The lowest BCUT2D eigenvalue weighted by Gasteiger charge is -2.20. The molecule has 0 spiro atoms. The summed E-state index contributed by atoms with van der Waals surface area (Å²) in [5.41, 5.74) is 0.194. The molecule has 0 aromatic carbocycles. The third-order valence-corrected chi connectivity index (χ3v) is 3.86. The highest BCUT2D eigenvalue weighted by Crippen LogP contribution is 2.34. The first-order valence-electron chi connectivity index (χ1n) is 6.51. The molecule has 0 amide bonds. The second kappa shape index (κ2) is 4.47. The largest absolute Gasteiger partial charge is 0.388 e. The topological polar surface area (TPSA) is 68.8 Å². The number of nitrogens with zero attached hydrogens (tertiary/aromatic N) is 3. The van der Waals surface area contributed by atoms with E-state index in [0.29, 0.717) is 5.65 Å². The van der Waals surface area contributed by atoms with Crippen LogP contribution in [0.4, 0.5) is 0 Å². The molecule has 1 N–H and O–H groups in total. The van der Waals surface area contributed by atoms with Gasteiger partial charge in [0.2, 0.25) is 5.43 Å². The molecule has 1 aliphatic rings. The summed E-state index contributed by atoms with van der Waals surface area (Å²) < 4.78 is 9.25. The summed E-state index contributed by atoms with van der Waals surface area (Å²) >= 11 is 0. The van der Waals surface area contributed by atoms with Gasteiger partial charge in [-0.1, -0.05) is 13.8 Å². The molecule has 3 heterocycles. The maximum Gasteiger partial charge on any atom is 0.224 e. The van der Waals surface area contributed by atoms with Gasteiger partial charge in [-0.2, -0.15) is 0 Å². The van der Waals surface area contributed by atoms with Gasteiger partial charge >= 0.3 is 0 Å². The van der Waals surface area contributed by atoms with Crippen molar-refractivity contribution in [1.29, 1.82) is 0 Å². The van der Waals surface area contributed by atoms with Crippen molar-refractivity contribution in [3.05, 3.63) is 34.9 Å². The molecule has 2 aromatic rings. The molecule has 1 aliphatic heterocycles. The van der Waals surface area contributed by atoms with Gasteiger partial charge in [-0.3, -0.25) is 9.48 Å². The van der Waals surface area contributed by atoms with Crippen LogP contribution in [0, 0.1) is 5.92 Å². The molecule has 2 aromatic heterocycles. The van der Waals surface area contributed by atoms with E-state index < -0.39 is 12.3 Å². The van der Waals surface area contributed by atoms with E-state index in [1.807, 2.05) is 13.8 Å². The average molecular weight is 263 g/mol. The molecule has 1 fully saturated rings. The van der Waals surface area contributed by atoms with E-state index in [1.54, 1.807) is 27.8 Å². The van der Waals surface area contributed by atoms with Crippen LogP contribution >= 0.6 is 0 Å². The first-order valence-corrected chi connectivity index (χ1v) is 6.51. The van der Waals surface area contributed by atoms with Crippen molar-refractivity contribution >= 4 is 5.65 Å². The second-order valence-corrected chi connectivity index (χ2v) is 4.98. The van der Waals surface area contributed by atoms with Crippen LogP contribution in [-0.4, -0.2) is 31.5 Å². The van der Waals surface area contributed by atoms with Crippen LogP contribution in [0.25, 0.3) is 5.65 Å². The number of aliphatic hydroxyl groups excluding tert-OH is 1. The molecular weight excluding hydrogens is 246 g/mol. The van der Waals surface area contributed by atoms with Crippen molar-refractivity contribution in [2.24, 2.45) is 5.92 Å². The van der Waals surface area contributed by atoms with Crippen molar-refractivity contribution in [1.82, 2.24) is 14.2 Å². The predicted octanol–water partition coefficient (Wildman–Crippen LogP) is 0.800. The number of hydrogen-bond donors (Lipinski definition) is 1. The molecule has 102 valence electrons. The summed E-state index contributed by atoms with van der Waals surface area (Å²) in [4.78, 5) is 15.7. The fourth-order valence-electron chi connectivity index (χ4n) is 2.71. The second-order valence-electron chi connectivity index (χ2n) is 4.98. The monoisotopic (exact) mass is 263 g/mol. The van der Waals surface area contributed by atoms with Crippen molar-refractivity contribution < 1.29 is 9.84 Å². The summed E-state index contributed by atoms with van der Waals surface area (Å²) in [5.74, 6) is 0.0630. The lowest BCUT2D eigenvalue weighted by Crippen LogP contribution is -2.28. The Labute approximate surface area is 110 Å². The molecule has 1 saturated heterocycles. The summed E-state index contributed by atoms with van der Waals surface area (Å²) in [7, 11) is 0. The minimum absolute atomic E-state index is 0.0259. The third kappa shape index (κ3) is 1.79. The Bertz CT molecular complexity index is 648. The molecule has 0 bridgehead atoms. The Morgan fingerprint density at radius 3 is 2.95 bits per heavy atom. The lowest BCUT2D eigenvalue weighted by molar-refractivity contribution is -0.0478. The average Bonchev–Trinajstić information content (AvgIpc) is 2.99. The van der Waals surface area contributed by atoms with Gasteiger partial charge in [0.15, 0.2) is 11.9 Å². The minimum Gasteiger partial charge on any atom is -0.388 e. The summed E-state index contributed by atoms with van der Waals surface area (Å²) in [6.07, 6.45) is 4.68. The lowest BCUT2D eigenvalue weighted by atomic mass is 9.99. The minimum atomic E-state index is -0.599. The van der Waals surface area contributed by atoms with Crippen LogP contribution in [0.15, 0.2) is 29.5 Å². The molecule has 6 nitrogen and oxygen atoms in total. The zero-order valence-electron chi connectivity index (χ0n) is 10.9. The van der Waals surface area contributed by atoms with E-state index >= 15 is 0 Å². The number of rotatable bonds is 2. The highest BCUT2D eigenvalue weighted by atomic mass is 16.5. The normalized spacial score (nSPS) is 31.1. The van der Waals surface area contributed by atoms with Crippen LogP contribution in [0.1, 0.15) is 26.5 Å². The zero-order valence-corrected chi connectivity index (χ0v) is 10.9. The van der Waals surface area contributed by atoms with Gasteiger partial charge in [0.05, 0.1) is 6.10 Å². The highest BCUT2D eigenvalue weighted by molar-refractivity contribution is 5.35. The molecular formula is C13H17N3O3. The zero-order chi connectivity index (χ0) is 13.6. The van der Waals surface area contributed by atoms with E-state index in [4.69, 9.17) is 4.74 Å². The Balaban J connectivity index is 2.08. The van der Waals surface area contributed by atoms with Crippen LogP contribution in [0.3, 0.4) is 0 Å². The fourth-order valence-corrected chi connectivity index (χ4v) is 2.71. The van der Waals surface area contributed by atoms with Gasteiger partial charge in [0.1, 0.15) is 6.10 Å². The number of aromatic nitrogens is 3. The SMILES string of the molecule is CC[C@H]1O[C@@H](n2ccc(=O)c3nccn32)[C@H](O)[C@@H]1C. The summed E-state index contributed by atoms with van der Waals surface area (Å²) in [6.45, 7) is 4.01. The van der Waals surface area contributed by atoms with Crippen molar-refractivity contribution in [3.63, 3.8) is 0 Å². The molecule has 6 heteroatoms. The van der Waals surface area contributed by atoms with Crippen LogP contribution in [-0.2, 0) is 4.74 Å². The number of hydrogen-bond acceptors (Lipinski definition) is 4. The van der Waals surface area contributed by atoms with Gasteiger partial charge < -0.3 is 9.84 Å². The van der Waals surface area contributed by atoms with Crippen molar-refractivity contribution in [3.8, 4) is 0 Å². The first-order chi connectivity index (χ1) is 9.13. The van der Waals surface area contributed by atoms with E-state index in [0.717, 1.165) is 6.42 Å². The highest BCUT2D eigenvalue weighted by Gasteiger charge is 2.41. The fraction of sp³-hybridized carbons (Fsp3) is 0.538. The third-order valence-electron chi connectivity index (χ3n) is 3.86. The van der Waals surface area contributed by atoms with Crippen molar-refractivity contribution in [2.75, 3.05) is 0 Å². The smallest absolute Gasteiger partial charge is 0.224 e. The van der Waals surface area contributed by atoms with E-state index in [9.17, 15) is 9.90 Å². The standard InChI is InChI=1S/C13H17N3O3/c1-3-10-8(2)11(18)13(19-10)16-6-4-9(17)12-14-5-7-15(12)16/h4-8,10-11,13,18H,3H2,1-2H3/t8-,10-,11-,13-/m1/s1. The van der Waals surface area contributed by atoms with Crippen LogP contribution in [0.5, 0.6) is 0 Å². The molecule has 19 heavy (non-hydrogen) atoms. The molecule has 4 atom stereocenters. The maximum atomic E-state index is 11.7. The van der Waals surface area contributed by atoms with Crippen molar-refractivity contribution in [2.45, 2.75) is 38.7 Å². The summed E-state index contributed by atoms with van der Waals surface area (Å²) in [5, 5.41) is 10.3. The van der Waals surface area contributed by atoms with E-state index in [-0.39, 0.29) is 17.5 Å². The van der Waals surface area contributed by atoms with Crippen LogP contribution < -0.4 is 5.43 Å². The molecule has 0 saturated carbocycles.